The van der Waals surface area contributed by atoms with E-state index in [1.165, 1.54) is 36.8 Å². The van der Waals surface area contributed by atoms with Crippen molar-refractivity contribution in [3.05, 3.63) is 88.0 Å². The summed E-state index contributed by atoms with van der Waals surface area (Å²) >= 11 is 0. The normalized spacial score (nSPS) is 14.9. The maximum Gasteiger partial charge on any atom is 0.266 e. The van der Waals surface area contributed by atoms with Gasteiger partial charge >= 0.3 is 0 Å². The molecular weight excluding hydrogens is 502 g/mol. The van der Waals surface area contributed by atoms with Crippen LogP contribution in [0.2, 0.25) is 0 Å². The van der Waals surface area contributed by atoms with Crippen LogP contribution in [0.1, 0.15) is 60.8 Å². The number of nitrogen functional groups attached to an aromatic ring is 1. The van der Waals surface area contributed by atoms with Gasteiger partial charge in [-0.1, -0.05) is 68.7 Å². The molecule has 0 spiro atoms. The van der Waals surface area contributed by atoms with E-state index in [1.54, 1.807) is 10.8 Å². The standard InChI is InChI=1S/C24H26N2O.C7H9N5O/c1-2-22-25-21-15-9-12-19(17-16-18-10-5-3-6-11-18)23(21)24(27)26(22)20-13-7-4-8-14-20;8-5-4(6(9)13)7-10-2-1-3-12(7)11-5/h4,7-9,12-18H,2-3,5-6,10-11H2,1H3;1,3,10H,2H2,(H2,8,11)(H2,9,13)/b17-16+;. The Bertz CT molecular complexity index is 1630. The van der Waals surface area contributed by atoms with Crippen LogP contribution < -0.4 is 22.3 Å². The van der Waals surface area contributed by atoms with Crippen molar-refractivity contribution in [2.24, 2.45) is 11.7 Å². The van der Waals surface area contributed by atoms with Gasteiger partial charge in [-0.25, -0.2) is 9.67 Å². The topological polar surface area (TPSA) is 134 Å². The second-order valence-corrected chi connectivity index (χ2v) is 10.0. The second-order valence-electron chi connectivity index (χ2n) is 10.0. The molecule has 0 bridgehead atoms. The van der Waals surface area contributed by atoms with Gasteiger partial charge in [0.25, 0.3) is 11.5 Å². The highest BCUT2D eigenvalue weighted by Crippen LogP contribution is 2.26. The average Bonchev–Trinajstić information content (AvgIpc) is 3.33. The SMILES string of the molecule is CCc1nc2cccc(/C=C/C3CCCCC3)c2c(=O)n1-c1ccccc1.NC(=O)c1c(N)nn2c1NCC=C2. The number of hydrogen-bond acceptors (Lipinski definition) is 6. The number of nitrogens with one attached hydrogen (secondary N) is 1. The Kier molecular flexibility index (Phi) is 8.10. The summed E-state index contributed by atoms with van der Waals surface area (Å²) in [5.74, 6) is 1.58. The van der Waals surface area contributed by atoms with Gasteiger partial charge in [0.15, 0.2) is 5.82 Å². The number of nitrogens with zero attached hydrogens (tertiary/aromatic N) is 4. The summed E-state index contributed by atoms with van der Waals surface area (Å²) < 4.78 is 3.26. The first-order valence-electron chi connectivity index (χ1n) is 13.8. The molecular formula is C31H35N7O2. The van der Waals surface area contributed by atoms with Gasteiger partial charge in [-0.2, -0.15) is 0 Å². The van der Waals surface area contributed by atoms with Crippen molar-refractivity contribution in [1.82, 2.24) is 19.3 Å². The first-order chi connectivity index (χ1) is 19.5. The fraction of sp³-hybridized carbons (Fsp3) is 0.290. The maximum atomic E-state index is 13.5. The molecule has 9 nitrogen and oxygen atoms in total. The Morgan fingerprint density at radius 3 is 2.60 bits per heavy atom. The zero-order chi connectivity index (χ0) is 28.1. The van der Waals surface area contributed by atoms with Crippen LogP contribution in [0.3, 0.4) is 0 Å². The van der Waals surface area contributed by atoms with Gasteiger partial charge in [-0.3, -0.25) is 14.2 Å². The molecule has 40 heavy (non-hydrogen) atoms. The Morgan fingerprint density at radius 1 is 1.10 bits per heavy atom. The molecule has 6 rings (SSSR count). The van der Waals surface area contributed by atoms with Crippen molar-refractivity contribution in [3.63, 3.8) is 0 Å². The number of allylic oxidation sites excluding steroid dienone is 1. The summed E-state index contributed by atoms with van der Waals surface area (Å²) in [6.45, 7) is 2.69. The number of nitrogens with two attached hydrogens (primary N) is 2. The van der Waals surface area contributed by atoms with E-state index in [0.717, 1.165) is 22.6 Å². The third-order valence-corrected chi connectivity index (χ3v) is 7.35. The van der Waals surface area contributed by atoms with Crippen LogP contribution >= 0.6 is 0 Å². The summed E-state index contributed by atoms with van der Waals surface area (Å²) in [4.78, 5) is 29.3. The van der Waals surface area contributed by atoms with Crippen LogP contribution in [0.5, 0.6) is 0 Å². The second kappa shape index (κ2) is 12.0. The summed E-state index contributed by atoms with van der Waals surface area (Å²) in [5, 5.41) is 7.60. The molecule has 2 aromatic heterocycles. The Hall–Kier alpha value is -4.66. The smallest absolute Gasteiger partial charge is 0.266 e. The minimum Gasteiger partial charge on any atom is -0.381 e. The number of aryl methyl sites for hydroxylation is 1. The van der Waals surface area contributed by atoms with E-state index in [9.17, 15) is 9.59 Å². The molecule has 9 heteroatoms. The predicted molar refractivity (Wildman–Crippen MR) is 161 cm³/mol. The Labute approximate surface area is 233 Å². The molecule has 0 saturated heterocycles. The van der Waals surface area contributed by atoms with Gasteiger partial charge in [0.1, 0.15) is 17.2 Å². The molecule has 206 valence electrons. The minimum atomic E-state index is -0.568. The predicted octanol–water partition coefficient (Wildman–Crippen LogP) is 5.00. The average molecular weight is 538 g/mol. The maximum absolute atomic E-state index is 13.5. The minimum absolute atomic E-state index is 0.0203. The number of rotatable bonds is 5. The Balaban J connectivity index is 0.000000207. The molecule has 1 saturated carbocycles. The monoisotopic (exact) mass is 537 g/mol. The van der Waals surface area contributed by atoms with E-state index >= 15 is 0 Å². The molecule has 2 aliphatic rings. The number of amides is 1. The zero-order valence-electron chi connectivity index (χ0n) is 22.7. The van der Waals surface area contributed by atoms with Crippen LogP contribution in [-0.4, -0.2) is 31.8 Å². The molecule has 1 aliphatic heterocycles. The van der Waals surface area contributed by atoms with Gasteiger partial charge in [0.05, 0.1) is 16.6 Å². The van der Waals surface area contributed by atoms with Crippen molar-refractivity contribution < 1.29 is 4.79 Å². The lowest BCUT2D eigenvalue weighted by Gasteiger charge is -2.18. The van der Waals surface area contributed by atoms with Crippen LogP contribution in [0.15, 0.2) is 65.5 Å². The van der Waals surface area contributed by atoms with Crippen LogP contribution in [0.25, 0.3) is 28.9 Å². The highest BCUT2D eigenvalue weighted by Gasteiger charge is 2.20. The van der Waals surface area contributed by atoms with Crippen molar-refractivity contribution in [2.45, 2.75) is 45.4 Å². The van der Waals surface area contributed by atoms with Gasteiger partial charge < -0.3 is 16.8 Å². The van der Waals surface area contributed by atoms with Crippen LogP contribution in [-0.2, 0) is 6.42 Å². The van der Waals surface area contributed by atoms with E-state index in [2.05, 4.69) is 22.6 Å². The molecule has 4 aromatic rings. The van der Waals surface area contributed by atoms with Gasteiger partial charge in [0, 0.05) is 19.2 Å². The third-order valence-electron chi connectivity index (χ3n) is 7.35. The number of carbonyl (C=O) groups excluding carboxylic acids is 1. The number of hydrogen-bond donors (Lipinski definition) is 3. The van der Waals surface area contributed by atoms with E-state index in [0.29, 0.717) is 30.1 Å². The highest BCUT2D eigenvalue weighted by molar-refractivity contribution is 6.02. The van der Waals surface area contributed by atoms with Crippen molar-refractivity contribution in [2.75, 3.05) is 17.6 Å². The van der Waals surface area contributed by atoms with E-state index < -0.39 is 5.91 Å². The molecule has 5 N–H and O–H groups in total. The molecule has 0 unspecified atom stereocenters. The first kappa shape index (κ1) is 26.9. The number of carbonyl (C=O) groups is 1. The number of fused-ring (bicyclic) bond motifs is 2. The number of benzene rings is 2. The lowest BCUT2D eigenvalue weighted by Crippen LogP contribution is -2.24. The van der Waals surface area contributed by atoms with Crippen LogP contribution in [0, 0.1) is 5.92 Å². The third kappa shape index (κ3) is 5.54. The molecule has 0 atom stereocenters. The largest absolute Gasteiger partial charge is 0.381 e. The van der Waals surface area contributed by atoms with Crippen molar-refractivity contribution in [3.8, 4) is 5.69 Å². The van der Waals surface area contributed by atoms with E-state index in [-0.39, 0.29) is 16.9 Å². The lowest BCUT2D eigenvalue weighted by molar-refractivity contribution is 0.100. The molecule has 1 amide bonds. The van der Waals surface area contributed by atoms with Gasteiger partial charge in [-0.05, 0) is 48.6 Å². The molecule has 3 heterocycles. The number of aromatic nitrogens is 4. The van der Waals surface area contributed by atoms with E-state index in [1.807, 2.05) is 61.5 Å². The fourth-order valence-electron chi connectivity index (χ4n) is 5.37. The van der Waals surface area contributed by atoms with Gasteiger partial charge in [0.2, 0.25) is 0 Å². The van der Waals surface area contributed by atoms with Crippen molar-refractivity contribution >= 4 is 40.7 Å². The lowest BCUT2D eigenvalue weighted by atomic mass is 9.88. The summed E-state index contributed by atoms with van der Waals surface area (Å²) in [6.07, 6.45) is 15.2. The van der Waals surface area contributed by atoms with Crippen LogP contribution in [0.4, 0.5) is 11.6 Å². The number of para-hydroxylation sites is 1. The zero-order valence-corrected chi connectivity index (χ0v) is 22.7. The molecule has 1 fully saturated rings. The summed E-state index contributed by atoms with van der Waals surface area (Å²) in [7, 11) is 0. The van der Waals surface area contributed by atoms with E-state index in [4.69, 9.17) is 16.5 Å². The highest BCUT2D eigenvalue weighted by atomic mass is 16.1. The summed E-state index contributed by atoms with van der Waals surface area (Å²) in [6, 6.07) is 15.8. The molecule has 2 aromatic carbocycles. The van der Waals surface area contributed by atoms with Gasteiger partial charge in [-0.15, -0.1) is 5.10 Å². The molecule has 0 radical (unpaired) electrons. The fourth-order valence-corrected chi connectivity index (χ4v) is 5.37. The number of anilines is 2. The Morgan fingerprint density at radius 2 is 1.88 bits per heavy atom. The first-order valence-corrected chi connectivity index (χ1v) is 13.8. The quantitative estimate of drug-likeness (QED) is 0.328. The van der Waals surface area contributed by atoms with Crippen molar-refractivity contribution in [1.29, 1.82) is 0 Å². The number of primary amides is 1. The summed E-state index contributed by atoms with van der Waals surface area (Å²) in [5.41, 5.74) is 13.6. The molecule has 1 aliphatic carbocycles.